The van der Waals surface area contributed by atoms with E-state index in [0.717, 1.165) is 11.3 Å². The second-order valence-corrected chi connectivity index (χ2v) is 9.43. The number of hydrogen-bond donors (Lipinski definition) is 1. The van der Waals surface area contributed by atoms with Crippen LogP contribution in [0.3, 0.4) is 0 Å². The summed E-state index contributed by atoms with van der Waals surface area (Å²) in [6.07, 6.45) is 0. The van der Waals surface area contributed by atoms with Crippen LogP contribution >= 0.6 is 27.7 Å². The molecule has 1 aliphatic rings. The number of ether oxygens (including phenoxy) is 1. The van der Waals surface area contributed by atoms with E-state index in [9.17, 15) is 4.79 Å². The molecule has 7 nitrogen and oxygen atoms in total. The van der Waals surface area contributed by atoms with Gasteiger partial charge in [-0.1, -0.05) is 72.4 Å². The number of rotatable bonds is 7. The quantitative estimate of drug-likeness (QED) is 0.230. The monoisotopic (exact) mass is 536 g/mol. The fraction of sp³-hybridized carbons (Fsp3) is 0.160. The van der Waals surface area contributed by atoms with E-state index in [4.69, 9.17) is 14.3 Å². The van der Waals surface area contributed by atoms with Crippen molar-refractivity contribution in [3.8, 4) is 0 Å². The lowest BCUT2D eigenvalue weighted by Gasteiger charge is -2.26. The molecule has 2 aromatic carbocycles. The zero-order chi connectivity index (χ0) is 23.5. The first-order valence-corrected chi connectivity index (χ1v) is 12.4. The van der Waals surface area contributed by atoms with Crippen LogP contribution < -0.4 is 5.32 Å². The lowest BCUT2D eigenvalue weighted by molar-refractivity contribution is -0.140. The maximum absolute atomic E-state index is 13.3. The SMILES string of the molecule is CC1=C(C(=O)OCc2ccccc2)C(c2ccc(Br)o2)n2nc(SCc3ccccc3)nc2N1. The Kier molecular flexibility index (Phi) is 6.55. The van der Waals surface area contributed by atoms with Crippen molar-refractivity contribution in [1.29, 1.82) is 0 Å². The Bertz CT molecular complexity index is 1330. The summed E-state index contributed by atoms with van der Waals surface area (Å²) in [5.41, 5.74) is 3.17. The summed E-state index contributed by atoms with van der Waals surface area (Å²) < 4.78 is 13.8. The predicted octanol–water partition coefficient (Wildman–Crippen LogP) is 5.96. The zero-order valence-electron chi connectivity index (χ0n) is 18.3. The predicted molar refractivity (Wildman–Crippen MR) is 133 cm³/mol. The molecule has 5 rings (SSSR count). The molecule has 1 N–H and O–H groups in total. The third kappa shape index (κ3) is 4.80. The number of nitrogens with zero attached hydrogens (tertiary/aromatic N) is 3. The van der Waals surface area contributed by atoms with Gasteiger partial charge in [0.25, 0.3) is 0 Å². The number of allylic oxidation sites excluding steroid dienone is 1. The van der Waals surface area contributed by atoms with E-state index in [1.807, 2.05) is 61.5 Å². The minimum absolute atomic E-state index is 0.174. The van der Waals surface area contributed by atoms with Crippen LogP contribution in [0.25, 0.3) is 0 Å². The van der Waals surface area contributed by atoms with Gasteiger partial charge in [0.2, 0.25) is 11.1 Å². The topological polar surface area (TPSA) is 82.2 Å². The fourth-order valence-corrected chi connectivity index (χ4v) is 4.82. The van der Waals surface area contributed by atoms with Crippen LogP contribution in [0.4, 0.5) is 5.95 Å². The van der Waals surface area contributed by atoms with Crippen molar-refractivity contribution in [1.82, 2.24) is 14.8 Å². The number of aromatic nitrogens is 3. The molecule has 0 spiro atoms. The Morgan fingerprint density at radius 2 is 1.79 bits per heavy atom. The number of hydrogen-bond acceptors (Lipinski definition) is 7. The van der Waals surface area contributed by atoms with Gasteiger partial charge in [0, 0.05) is 11.4 Å². The van der Waals surface area contributed by atoms with Gasteiger partial charge in [-0.2, -0.15) is 4.98 Å². The molecule has 9 heteroatoms. The Morgan fingerprint density at radius 3 is 2.47 bits per heavy atom. The number of anilines is 1. The first-order chi connectivity index (χ1) is 16.6. The molecule has 1 aliphatic heterocycles. The van der Waals surface area contributed by atoms with E-state index < -0.39 is 12.0 Å². The van der Waals surface area contributed by atoms with E-state index in [2.05, 4.69) is 38.4 Å². The van der Waals surface area contributed by atoms with Gasteiger partial charge >= 0.3 is 5.97 Å². The van der Waals surface area contributed by atoms with E-state index in [-0.39, 0.29) is 6.61 Å². The van der Waals surface area contributed by atoms with Crippen molar-refractivity contribution in [3.05, 3.63) is 106 Å². The Labute approximate surface area is 209 Å². The lowest BCUT2D eigenvalue weighted by Crippen LogP contribution is -2.29. The number of carbonyl (C=O) groups is 1. The highest BCUT2D eigenvalue weighted by molar-refractivity contribution is 9.10. The average Bonchev–Trinajstić information content (AvgIpc) is 3.47. The van der Waals surface area contributed by atoms with Crippen LogP contribution in [-0.4, -0.2) is 20.7 Å². The Morgan fingerprint density at radius 1 is 1.09 bits per heavy atom. The second-order valence-electron chi connectivity index (χ2n) is 7.71. The molecule has 0 saturated carbocycles. The smallest absolute Gasteiger partial charge is 0.338 e. The third-order valence-corrected chi connectivity index (χ3v) is 6.68. The molecule has 2 aromatic heterocycles. The molecule has 0 radical (unpaired) electrons. The number of thioether (sulfide) groups is 1. The van der Waals surface area contributed by atoms with Crippen LogP contribution in [0.1, 0.15) is 29.9 Å². The zero-order valence-corrected chi connectivity index (χ0v) is 20.7. The molecule has 0 aliphatic carbocycles. The van der Waals surface area contributed by atoms with Crippen LogP contribution in [0.5, 0.6) is 0 Å². The molecule has 1 atom stereocenters. The van der Waals surface area contributed by atoms with Gasteiger partial charge in [-0.15, -0.1) is 5.10 Å². The number of carbonyl (C=O) groups excluding carboxylic acids is 1. The largest absolute Gasteiger partial charge is 0.457 e. The molecule has 172 valence electrons. The van der Waals surface area contributed by atoms with Crippen LogP contribution in [-0.2, 0) is 21.9 Å². The summed E-state index contributed by atoms with van der Waals surface area (Å²) in [5.74, 6) is 1.40. The van der Waals surface area contributed by atoms with Crippen molar-refractivity contribution in [2.24, 2.45) is 0 Å². The molecule has 34 heavy (non-hydrogen) atoms. The number of esters is 1. The average molecular weight is 537 g/mol. The molecule has 0 bridgehead atoms. The van der Waals surface area contributed by atoms with Crippen molar-refractivity contribution in [3.63, 3.8) is 0 Å². The van der Waals surface area contributed by atoms with Crippen molar-refractivity contribution >= 4 is 39.6 Å². The van der Waals surface area contributed by atoms with Crippen LogP contribution in [0.15, 0.2) is 98.3 Å². The van der Waals surface area contributed by atoms with Crippen molar-refractivity contribution < 1.29 is 13.9 Å². The van der Waals surface area contributed by atoms with Crippen LogP contribution in [0, 0.1) is 0 Å². The van der Waals surface area contributed by atoms with E-state index in [0.29, 0.717) is 32.8 Å². The van der Waals surface area contributed by atoms with E-state index in [1.54, 1.807) is 10.7 Å². The highest BCUT2D eigenvalue weighted by atomic mass is 79.9. The number of halogens is 1. The highest BCUT2D eigenvalue weighted by Gasteiger charge is 2.37. The molecule has 4 aromatic rings. The normalized spacial score (nSPS) is 15.1. The first kappa shape index (κ1) is 22.5. The molecule has 0 saturated heterocycles. The van der Waals surface area contributed by atoms with Crippen molar-refractivity contribution in [2.75, 3.05) is 5.32 Å². The van der Waals surface area contributed by atoms with E-state index >= 15 is 0 Å². The summed E-state index contributed by atoms with van der Waals surface area (Å²) in [7, 11) is 0. The molecule has 0 amide bonds. The van der Waals surface area contributed by atoms with Crippen molar-refractivity contribution in [2.45, 2.75) is 30.5 Å². The van der Waals surface area contributed by atoms with Gasteiger partial charge in [0.15, 0.2) is 4.67 Å². The first-order valence-electron chi connectivity index (χ1n) is 10.7. The Hall–Kier alpha value is -3.30. The molecular formula is C25H21BrN4O3S. The highest BCUT2D eigenvalue weighted by Crippen LogP contribution is 2.38. The summed E-state index contributed by atoms with van der Waals surface area (Å²) in [6, 6.07) is 22.7. The van der Waals surface area contributed by atoms with E-state index in [1.165, 1.54) is 17.3 Å². The fourth-order valence-electron chi connectivity index (χ4n) is 3.72. The van der Waals surface area contributed by atoms with Crippen LogP contribution in [0.2, 0.25) is 0 Å². The van der Waals surface area contributed by atoms with Gasteiger partial charge in [0.1, 0.15) is 18.4 Å². The molecule has 3 heterocycles. The Balaban J connectivity index is 1.43. The van der Waals surface area contributed by atoms with Gasteiger partial charge in [-0.25, -0.2) is 9.48 Å². The van der Waals surface area contributed by atoms with Gasteiger partial charge in [0.05, 0.1) is 5.57 Å². The molecular weight excluding hydrogens is 516 g/mol. The summed E-state index contributed by atoms with van der Waals surface area (Å²) in [6.45, 7) is 2.01. The second kappa shape index (κ2) is 9.90. The molecule has 1 unspecified atom stereocenters. The number of fused-ring (bicyclic) bond motifs is 1. The van der Waals surface area contributed by atoms with Gasteiger partial charge in [-0.3, -0.25) is 0 Å². The summed E-state index contributed by atoms with van der Waals surface area (Å²) >= 11 is 4.89. The minimum atomic E-state index is -0.607. The molecule has 0 fully saturated rings. The van der Waals surface area contributed by atoms with Gasteiger partial charge < -0.3 is 14.5 Å². The summed E-state index contributed by atoms with van der Waals surface area (Å²) in [4.78, 5) is 17.9. The maximum atomic E-state index is 13.3. The summed E-state index contributed by atoms with van der Waals surface area (Å²) in [5, 5.41) is 8.53. The lowest BCUT2D eigenvalue weighted by atomic mass is 10.0. The number of benzene rings is 2. The maximum Gasteiger partial charge on any atom is 0.338 e. The number of nitrogens with one attached hydrogen (secondary N) is 1. The standard InChI is InChI=1S/C25H21BrN4O3S/c1-16-21(23(31)32-14-17-8-4-2-5-9-17)22(19-12-13-20(26)33-19)30-24(27-16)28-25(29-30)34-15-18-10-6-3-7-11-18/h2-13,22H,14-15H2,1H3,(H,27,28,29). The third-order valence-electron chi connectivity index (χ3n) is 5.34. The van der Waals surface area contributed by atoms with Gasteiger partial charge in [-0.05, 0) is 46.1 Å². The number of furan rings is 1. The minimum Gasteiger partial charge on any atom is -0.457 e.